The standard InChI is InChI=1S/C21H29N3O2/c1-16-13-22-20-18(6-3-7-19(20)25-2)21(16)24-8-4-5-17(15-24)14-23-9-11-26-12-10-23/h3,6-7,13,17H,4-5,8-12,14-15H2,1-2H3. The summed E-state index contributed by atoms with van der Waals surface area (Å²) in [6.45, 7) is 9.51. The maximum absolute atomic E-state index is 5.53. The summed E-state index contributed by atoms with van der Waals surface area (Å²) in [5.74, 6) is 1.57. The highest BCUT2D eigenvalue weighted by atomic mass is 16.5. The van der Waals surface area contributed by atoms with Crippen LogP contribution in [0.1, 0.15) is 18.4 Å². The first kappa shape index (κ1) is 17.6. The lowest BCUT2D eigenvalue weighted by atomic mass is 9.95. The smallest absolute Gasteiger partial charge is 0.145 e. The number of piperidine rings is 1. The van der Waals surface area contributed by atoms with Crippen molar-refractivity contribution >= 4 is 16.6 Å². The summed E-state index contributed by atoms with van der Waals surface area (Å²) < 4.78 is 11.0. The number of hydrogen-bond acceptors (Lipinski definition) is 5. The van der Waals surface area contributed by atoms with Crippen LogP contribution >= 0.6 is 0 Å². The van der Waals surface area contributed by atoms with E-state index in [-0.39, 0.29) is 0 Å². The maximum Gasteiger partial charge on any atom is 0.145 e. The Hall–Kier alpha value is -1.85. The zero-order valence-corrected chi connectivity index (χ0v) is 15.9. The van der Waals surface area contributed by atoms with Gasteiger partial charge in [0.05, 0.1) is 26.0 Å². The minimum absolute atomic E-state index is 0.718. The van der Waals surface area contributed by atoms with Crippen LogP contribution < -0.4 is 9.64 Å². The van der Waals surface area contributed by atoms with Gasteiger partial charge in [-0.05, 0) is 37.3 Å². The monoisotopic (exact) mass is 355 g/mol. The predicted molar refractivity (Wildman–Crippen MR) is 105 cm³/mol. The third-order valence-electron chi connectivity index (χ3n) is 5.69. The summed E-state index contributed by atoms with van der Waals surface area (Å²) in [7, 11) is 1.72. The number of nitrogens with zero attached hydrogens (tertiary/aromatic N) is 3. The molecule has 3 heterocycles. The van der Waals surface area contributed by atoms with Crippen molar-refractivity contribution < 1.29 is 9.47 Å². The minimum atomic E-state index is 0.718. The largest absolute Gasteiger partial charge is 0.494 e. The van der Waals surface area contributed by atoms with Gasteiger partial charge in [0.15, 0.2) is 0 Å². The van der Waals surface area contributed by atoms with E-state index >= 15 is 0 Å². The third-order valence-corrected chi connectivity index (χ3v) is 5.69. The number of rotatable bonds is 4. The summed E-state index contributed by atoms with van der Waals surface area (Å²) in [6, 6.07) is 6.24. The van der Waals surface area contributed by atoms with E-state index < -0.39 is 0 Å². The van der Waals surface area contributed by atoms with E-state index in [9.17, 15) is 0 Å². The summed E-state index contributed by atoms with van der Waals surface area (Å²) in [6.07, 6.45) is 4.56. The Morgan fingerprint density at radius 1 is 1.23 bits per heavy atom. The van der Waals surface area contributed by atoms with Crippen LogP contribution in [0.15, 0.2) is 24.4 Å². The quantitative estimate of drug-likeness (QED) is 0.842. The van der Waals surface area contributed by atoms with E-state index in [1.165, 1.54) is 36.0 Å². The molecule has 0 amide bonds. The molecule has 1 aromatic carbocycles. The minimum Gasteiger partial charge on any atom is -0.494 e. The first-order valence-corrected chi connectivity index (χ1v) is 9.73. The first-order valence-electron chi connectivity index (χ1n) is 9.73. The molecule has 2 saturated heterocycles. The zero-order chi connectivity index (χ0) is 17.9. The van der Waals surface area contributed by atoms with Crippen LogP contribution in [0.25, 0.3) is 10.9 Å². The van der Waals surface area contributed by atoms with Gasteiger partial charge >= 0.3 is 0 Å². The van der Waals surface area contributed by atoms with Crippen LogP contribution in [-0.2, 0) is 4.74 Å². The number of hydrogen-bond donors (Lipinski definition) is 0. The van der Waals surface area contributed by atoms with Gasteiger partial charge in [-0.3, -0.25) is 9.88 Å². The van der Waals surface area contributed by atoms with E-state index in [1.54, 1.807) is 7.11 Å². The highest BCUT2D eigenvalue weighted by Gasteiger charge is 2.25. The van der Waals surface area contributed by atoms with Crippen LogP contribution in [0, 0.1) is 12.8 Å². The molecule has 26 heavy (non-hydrogen) atoms. The molecule has 0 saturated carbocycles. The Balaban J connectivity index is 1.59. The average molecular weight is 355 g/mol. The zero-order valence-electron chi connectivity index (χ0n) is 15.9. The van der Waals surface area contributed by atoms with E-state index in [0.717, 1.165) is 56.6 Å². The summed E-state index contributed by atoms with van der Waals surface area (Å²) in [5, 5.41) is 1.20. The van der Waals surface area contributed by atoms with Crippen LogP contribution in [0.4, 0.5) is 5.69 Å². The van der Waals surface area contributed by atoms with E-state index in [4.69, 9.17) is 9.47 Å². The average Bonchev–Trinajstić information content (AvgIpc) is 2.68. The van der Waals surface area contributed by atoms with Crippen LogP contribution in [-0.4, -0.2) is 62.9 Å². The van der Waals surface area contributed by atoms with Crippen LogP contribution in [0.2, 0.25) is 0 Å². The fourth-order valence-electron chi connectivity index (χ4n) is 4.43. The van der Waals surface area contributed by atoms with Crippen molar-refractivity contribution in [2.24, 2.45) is 5.92 Å². The molecule has 0 radical (unpaired) electrons. The SMILES string of the molecule is COc1cccc2c(N3CCCC(CN4CCOCC4)C3)c(C)cnc12. The second-order valence-electron chi connectivity index (χ2n) is 7.51. The van der Waals surface area contributed by atoms with Gasteiger partial charge in [0.1, 0.15) is 11.3 Å². The van der Waals surface area contributed by atoms with Gasteiger partial charge in [-0.15, -0.1) is 0 Å². The van der Waals surface area contributed by atoms with Crippen molar-refractivity contribution in [2.75, 3.05) is 57.9 Å². The fraction of sp³-hybridized carbons (Fsp3) is 0.571. The van der Waals surface area contributed by atoms with E-state index in [2.05, 4.69) is 33.8 Å². The molecule has 4 rings (SSSR count). The van der Waals surface area contributed by atoms with Gasteiger partial charge in [0.2, 0.25) is 0 Å². The van der Waals surface area contributed by atoms with Gasteiger partial charge in [0, 0.05) is 44.3 Å². The lowest BCUT2D eigenvalue weighted by molar-refractivity contribution is 0.0296. The van der Waals surface area contributed by atoms with Crippen molar-refractivity contribution in [3.8, 4) is 5.75 Å². The number of pyridine rings is 1. The van der Waals surface area contributed by atoms with Crippen molar-refractivity contribution in [2.45, 2.75) is 19.8 Å². The van der Waals surface area contributed by atoms with Gasteiger partial charge in [-0.2, -0.15) is 0 Å². The molecular weight excluding hydrogens is 326 g/mol. The maximum atomic E-state index is 5.53. The molecule has 1 unspecified atom stereocenters. The molecule has 0 aliphatic carbocycles. The third kappa shape index (κ3) is 3.51. The van der Waals surface area contributed by atoms with Gasteiger partial charge in [0.25, 0.3) is 0 Å². The molecule has 2 aliphatic rings. The molecule has 2 aliphatic heterocycles. The molecule has 2 fully saturated rings. The van der Waals surface area contributed by atoms with E-state index in [0.29, 0.717) is 0 Å². The van der Waals surface area contributed by atoms with E-state index in [1.807, 2.05) is 12.3 Å². The molecule has 5 heteroatoms. The number of para-hydroxylation sites is 1. The summed E-state index contributed by atoms with van der Waals surface area (Å²) >= 11 is 0. The highest BCUT2D eigenvalue weighted by molar-refractivity contribution is 5.96. The van der Waals surface area contributed by atoms with Crippen molar-refractivity contribution in [3.63, 3.8) is 0 Å². The number of methoxy groups -OCH3 is 1. The molecule has 2 aromatic rings. The lowest BCUT2D eigenvalue weighted by Gasteiger charge is -2.38. The summed E-state index contributed by atoms with van der Waals surface area (Å²) in [5.41, 5.74) is 3.55. The number of anilines is 1. The number of aromatic nitrogens is 1. The van der Waals surface area contributed by atoms with Crippen LogP contribution in [0.5, 0.6) is 5.75 Å². The second kappa shape index (κ2) is 7.80. The van der Waals surface area contributed by atoms with Gasteiger partial charge in [-0.1, -0.05) is 12.1 Å². The number of fused-ring (bicyclic) bond motifs is 1. The van der Waals surface area contributed by atoms with Crippen LogP contribution in [0.3, 0.4) is 0 Å². The van der Waals surface area contributed by atoms with Gasteiger partial charge in [-0.25, -0.2) is 0 Å². The molecular formula is C21H29N3O2. The molecule has 5 nitrogen and oxygen atoms in total. The van der Waals surface area contributed by atoms with Gasteiger partial charge < -0.3 is 14.4 Å². The summed E-state index contributed by atoms with van der Waals surface area (Å²) in [4.78, 5) is 9.79. The number of aryl methyl sites for hydroxylation is 1. The molecule has 0 spiro atoms. The Morgan fingerprint density at radius 2 is 2.08 bits per heavy atom. The number of ether oxygens (including phenoxy) is 2. The fourth-order valence-corrected chi connectivity index (χ4v) is 4.43. The molecule has 1 atom stereocenters. The Kier molecular flexibility index (Phi) is 5.27. The molecule has 0 N–H and O–H groups in total. The number of benzene rings is 1. The lowest BCUT2D eigenvalue weighted by Crippen LogP contribution is -2.44. The first-order chi connectivity index (χ1) is 12.8. The Morgan fingerprint density at radius 3 is 2.88 bits per heavy atom. The second-order valence-corrected chi connectivity index (χ2v) is 7.51. The molecule has 0 bridgehead atoms. The van der Waals surface area contributed by atoms with Crippen molar-refractivity contribution in [1.82, 2.24) is 9.88 Å². The normalized spacial score (nSPS) is 21.9. The predicted octanol–water partition coefficient (Wildman–Crippen LogP) is 3.10. The van der Waals surface area contributed by atoms with Crippen molar-refractivity contribution in [1.29, 1.82) is 0 Å². The topological polar surface area (TPSA) is 37.8 Å². The number of morpholine rings is 1. The molecule has 1 aromatic heterocycles. The molecule has 140 valence electrons. The Bertz CT molecular complexity index is 758. The van der Waals surface area contributed by atoms with Crippen molar-refractivity contribution in [3.05, 3.63) is 30.0 Å². The highest BCUT2D eigenvalue weighted by Crippen LogP contribution is 2.35. The Labute approximate surface area is 155 Å².